The molecule has 7 heteroatoms. The third kappa shape index (κ3) is 4.15. The number of fused-ring (bicyclic) bond motifs is 1. The zero-order chi connectivity index (χ0) is 19.6. The van der Waals surface area contributed by atoms with Crippen molar-refractivity contribution in [3.63, 3.8) is 0 Å². The molecular formula is C21H29N3O3S. The van der Waals surface area contributed by atoms with Crippen LogP contribution < -0.4 is 5.43 Å². The van der Waals surface area contributed by atoms with Crippen molar-refractivity contribution in [3.8, 4) is 0 Å². The van der Waals surface area contributed by atoms with Gasteiger partial charge >= 0.3 is 0 Å². The van der Waals surface area contributed by atoms with E-state index in [2.05, 4.69) is 10.5 Å². The number of carbonyl (C=O) groups is 1. The van der Waals surface area contributed by atoms with Crippen LogP contribution in [0.5, 0.6) is 0 Å². The molecule has 1 aliphatic heterocycles. The summed E-state index contributed by atoms with van der Waals surface area (Å²) in [4.78, 5) is 12.7. The molecule has 1 heterocycles. The van der Waals surface area contributed by atoms with Crippen molar-refractivity contribution < 1.29 is 13.2 Å². The second-order valence-electron chi connectivity index (χ2n) is 8.31. The monoisotopic (exact) mass is 403 g/mol. The summed E-state index contributed by atoms with van der Waals surface area (Å²) < 4.78 is 26.9. The van der Waals surface area contributed by atoms with Gasteiger partial charge in [-0.2, -0.15) is 9.41 Å². The van der Waals surface area contributed by atoms with Gasteiger partial charge in [0, 0.05) is 24.4 Å². The molecule has 1 N–H and O–H groups in total. The molecule has 0 spiro atoms. The van der Waals surface area contributed by atoms with Crippen molar-refractivity contribution in [2.45, 2.75) is 62.7 Å². The Kier molecular flexibility index (Phi) is 5.83. The van der Waals surface area contributed by atoms with Gasteiger partial charge in [-0.15, -0.1) is 0 Å². The smallest absolute Gasteiger partial charge is 0.267 e. The van der Waals surface area contributed by atoms with E-state index < -0.39 is 10.0 Å². The first-order valence-electron chi connectivity index (χ1n) is 10.5. The van der Waals surface area contributed by atoms with Crippen molar-refractivity contribution in [3.05, 3.63) is 29.8 Å². The van der Waals surface area contributed by atoms with E-state index >= 15 is 0 Å². The number of sulfonamides is 1. The lowest BCUT2D eigenvalue weighted by molar-refractivity contribution is 0.0954. The summed E-state index contributed by atoms with van der Waals surface area (Å²) in [5.74, 6) is 1.19. The van der Waals surface area contributed by atoms with Crippen LogP contribution in [0.4, 0.5) is 0 Å². The Bertz CT molecular complexity index is 859. The molecule has 0 unspecified atom stereocenters. The quantitative estimate of drug-likeness (QED) is 0.781. The van der Waals surface area contributed by atoms with E-state index in [0.29, 0.717) is 24.6 Å². The van der Waals surface area contributed by atoms with E-state index in [4.69, 9.17) is 0 Å². The maximum Gasteiger partial charge on any atom is 0.271 e. The molecule has 3 aliphatic rings. The van der Waals surface area contributed by atoms with Crippen LogP contribution in [0.1, 0.15) is 68.1 Å². The van der Waals surface area contributed by atoms with Gasteiger partial charge in [0.25, 0.3) is 5.91 Å². The average Bonchev–Trinajstić information content (AvgIpc) is 3.28. The molecule has 3 fully saturated rings. The van der Waals surface area contributed by atoms with Crippen LogP contribution >= 0.6 is 0 Å². The van der Waals surface area contributed by atoms with E-state index in [0.717, 1.165) is 37.3 Å². The Morgan fingerprint density at radius 3 is 2.57 bits per heavy atom. The maximum atomic E-state index is 12.7. The van der Waals surface area contributed by atoms with Crippen molar-refractivity contribution in [2.24, 2.45) is 16.9 Å². The van der Waals surface area contributed by atoms with Crippen molar-refractivity contribution in [1.82, 2.24) is 9.73 Å². The van der Waals surface area contributed by atoms with E-state index in [1.165, 1.54) is 42.5 Å². The highest BCUT2D eigenvalue weighted by Gasteiger charge is 2.30. The minimum absolute atomic E-state index is 0.178. The number of hydrogen-bond donors (Lipinski definition) is 1. The van der Waals surface area contributed by atoms with Crippen LogP contribution in [-0.4, -0.2) is 37.4 Å². The van der Waals surface area contributed by atoms with Crippen LogP contribution in [0.15, 0.2) is 34.3 Å². The Hall–Kier alpha value is -1.73. The first kappa shape index (κ1) is 19.6. The molecule has 0 radical (unpaired) electrons. The molecule has 6 nitrogen and oxygen atoms in total. The molecule has 152 valence electrons. The predicted octanol–water partition coefficient (Wildman–Crippen LogP) is 3.55. The molecule has 2 aliphatic carbocycles. The Morgan fingerprint density at radius 1 is 1.04 bits per heavy atom. The Morgan fingerprint density at radius 2 is 1.79 bits per heavy atom. The van der Waals surface area contributed by atoms with Crippen LogP contribution in [0.25, 0.3) is 0 Å². The van der Waals surface area contributed by atoms with Gasteiger partial charge in [0.05, 0.1) is 4.90 Å². The third-order valence-electron chi connectivity index (χ3n) is 6.48. The molecule has 0 aromatic heterocycles. The SMILES string of the molecule is O=C(N/N=C1\CC[C@@H]2CCCC[C@@H]2C1)c1cccc(S(=O)(=O)N2CCCC2)c1. The maximum absolute atomic E-state index is 12.7. The number of nitrogens with zero attached hydrogens (tertiary/aromatic N) is 2. The standard InChI is InChI=1S/C21H29N3O3S/c25-21(23-22-19-11-10-16-6-1-2-7-17(16)14-19)18-8-5-9-20(15-18)28(26,27)24-12-3-4-13-24/h5,8-9,15-17H,1-4,6-7,10-14H2,(H,23,25)/b22-19+/t16-,17+/m0/s1. The van der Waals surface area contributed by atoms with Crippen LogP contribution in [-0.2, 0) is 10.0 Å². The number of carbonyl (C=O) groups excluding carboxylic acids is 1. The second kappa shape index (κ2) is 8.33. The van der Waals surface area contributed by atoms with Crippen molar-refractivity contribution >= 4 is 21.6 Å². The van der Waals surface area contributed by atoms with Gasteiger partial charge in [-0.1, -0.05) is 25.3 Å². The molecule has 1 aromatic rings. The molecular weight excluding hydrogens is 374 g/mol. The molecule has 28 heavy (non-hydrogen) atoms. The second-order valence-corrected chi connectivity index (χ2v) is 10.2. The zero-order valence-corrected chi connectivity index (χ0v) is 17.1. The molecule has 1 amide bonds. The Labute approximate surface area is 167 Å². The van der Waals surface area contributed by atoms with Gasteiger partial charge in [-0.05, 0) is 68.6 Å². The largest absolute Gasteiger partial charge is 0.271 e. The summed E-state index contributed by atoms with van der Waals surface area (Å²) in [6.45, 7) is 1.10. The van der Waals surface area contributed by atoms with Gasteiger partial charge in [0.1, 0.15) is 0 Å². The molecule has 4 rings (SSSR count). The zero-order valence-electron chi connectivity index (χ0n) is 16.3. The molecule has 1 aromatic carbocycles. The fraction of sp³-hybridized carbons (Fsp3) is 0.619. The minimum Gasteiger partial charge on any atom is -0.267 e. The van der Waals surface area contributed by atoms with Crippen LogP contribution in [0.2, 0.25) is 0 Å². The van der Waals surface area contributed by atoms with Gasteiger partial charge < -0.3 is 0 Å². The predicted molar refractivity (Wildman–Crippen MR) is 109 cm³/mol. The van der Waals surface area contributed by atoms with Gasteiger partial charge in [-0.25, -0.2) is 13.8 Å². The number of rotatable bonds is 4. The molecule has 2 atom stereocenters. The van der Waals surface area contributed by atoms with E-state index in [-0.39, 0.29) is 10.8 Å². The van der Waals surface area contributed by atoms with E-state index in [1.807, 2.05) is 0 Å². The lowest BCUT2D eigenvalue weighted by Crippen LogP contribution is -2.30. The highest BCUT2D eigenvalue weighted by atomic mass is 32.2. The van der Waals surface area contributed by atoms with E-state index in [1.54, 1.807) is 18.2 Å². The highest BCUT2D eigenvalue weighted by Crippen LogP contribution is 2.39. The van der Waals surface area contributed by atoms with Gasteiger partial charge in [0.2, 0.25) is 10.0 Å². The van der Waals surface area contributed by atoms with Crippen LogP contribution in [0.3, 0.4) is 0 Å². The molecule has 1 saturated heterocycles. The lowest BCUT2D eigenvalue weighted by Gasteiger charge is -2.35. The number of nitrogens with one attached hydrogen (secondary N) is 1. The number of amides is 1. The minimum atomic E-state index is -3.53. The third-order valence-corrected chi connectivity index (χ3v) is 8.38. The molecule has 2 saturated carbocycles. The van der Waals surface area contributed by atoms with E-state index in [9.17, 15) is 13.2 Å². The summed E-state index contributed by atoms with van der Waals surface area (Å²) >= 11 is 0. The van der Waals surface area contributed by atoms with Crippen molar-refractivity contribution in [2.75, 3.05) is 13.1 Å². The summed E-state index contributed by atoms with van der Waals surface area (Å²) in [5.41, 5.74) is 4.05. The topological polar surface area (TPSA) is 78.8 Å². The average molecular weight is 404 g/mol. The first-order chi connectivity index (χ1) is 13.5. The first-order valence-corrected chi connectivity index (χ1v) is 11.9. The van der Waals surface area contributed by atoms with Gasteiger partial charge in [-0.3, -0.25) is 4.79 Å². The highest BCUT2D eigenvalue weighted by molar-refractivity contribution is 7.89. The molecule has 0 bridgehead atoms. The Balaban J connectivity index is 1.42. The number of hydrogen-bond acceptors (Lipinski definition) is 4. The summed E-state index contributed by atoms with van der Waals surface area (Å²) in [6, 6.07) is 6.27. The fourth-order valence-corrected chi connectivity index (χ4v) is 6.42. The lowest BCUT2D eigenvalue weighted by atomic mass is 9.70. The summed E-state index contributed by atoms with van der Waals surface area (Å²) in [5, 5.41) is 4.38. The fourth-order valence-electron chi connectivity index (χ4n) is 4.86. The van der Waals surface area contributed by atoms with Gasteiger partial charge in [0.15, 0.2) is 0 Å². The number of hydrazone groups is 1. The summed E-state index contributed by atoms with van der Waals surface area (Å²) in [6.07, 6.45) is 10.1. The summed E-state index contributed by atoms with van der Waals surface area (Å²) in [7, 11) is -3.53. The van der Waals surface area contributed by atoms with Crippen LogP contribution in [0, 0.1) is 11.8 Å². The normalized spacial score (nSPS) is 27.5. The number of benzene rings is 1. The van der Waals surface area contributed by atoms with Crippen molar-refractivity contribution in [1.29, 1.82) is 0 Å².